The summed E-state index contributed by atoms with van der Waals surface area (Å²) in [6.45, 7) is 1.92. The third-order valence-corrected chi connectivity index (χ3v) is 4.11. The number of benzene rings is 2. The normalized spacial score (nSPS) is 12.0. The van der Waals surface area contributed by atoms with Gasteiger partial charge in [-0.3, -0.25) is 4.79 Å². The van der Waals surface area contributed by atoms with E-state index in [0.717, 1.165) is 21.3 Å². The first-order chi connectivity index (χ1) is 9.97. The molecule has 0 radical (unpaired) electrons. The molecule has 1 unspecified atom stereocenters. The Kier molecular flexibility index (Phi) is 4.98. The van der Waals surface area contributed by atoms with Gasteiger partial charge in [0, 0.05) is 10.2 Å². The van der Waals surface area contributed by atoms with Crippen LogP contribution in [0, 0.1) is 6.92 Å². The fourth-order valence-corrected chi connectivity index (χ4v) is 2.31. The van der Waals surface area contributed by atoms with Gasteiger partial charge < -0.3 is 16.2 Å². The second-order valence-electron chi connectivity index (χ2n) is 4.88. The Labute approximate surface area is 132 Å². The topological polar surface area (TPSA) is 75.4 Å². The zero-order valence-electron chi connectivity index (χ0n) is 11.6. The molecule has 4 N–H and O–H groups in total. The maximum Gasteiger partial charge on any atom is 0.241 e. The van der Waals surface area contributed by atoms with E-state index in [9.17, 15) is 9.90 Å². The van der Waals surface area contributed by atoms with Crippen LogP contribution in [-0.4, -0.2) is 17.1 Å². The monoisotopic (exact) mass is 348 g/mol. The molecule has 5 heteroatoms. The van der Waals surface area contributed by atoms with Gasteiger partial charge in [0.05, 0.1) is 6.04 Å². The van der Waals surface area contributed by atoms with Crippen LogP contribution in [0.1, 0.15) is 11.1 Å². The number of rotatable bonds is 4. The summed E-state index contributed by atoms with van der Waals surface area (Å²) in [6.07, 6.45) is 0.416. The fourth-order valence-electron chi connectivity index (χ4n) is 1.95. The van der Waals surface area contributed by atoms with Crippen LogP contribution in [-0.2, 0) is 11.2 Å². The highest BCUT2D eigenvalue weighted by molar-refractivity contribution is 9.10. The van der Waals surface area contributed by atoms with Gasteiger partial charge in [0.2, 0.25) is 5.91 Å². The summed E-state index contributed by atoms with van der Waals surface area (Å²) in [5.74, 6) is -0.0363. The molecule has 0 aliphatic carbocycles. The number of phenols is 1. The second-order valence-corrected chi connectivity index (χ2v) is 5.73. The Morgan fingerprint density at radius 2 is 1.95 bits per heavy atom. The maximum absolute atomic E-state index is 12.1. The van der Waals surface area contributed by atoms with Crippen molar-refractivity contribution in [3.8, 4) is 5.75 Å². The Bertz CT molecular complexity index is 641. The van der Waals surface area contributed by atoms with Crippen molar-refractivity contribution in [3.05, 3.63) is 58.1 Å². The van der Waals surface area contributed by atoms with Gasteiger partial charge in [0.25, 0.3) is 0 Å². The van der Waals surface area contributed by atoms with Crippen LogP contribution in [0.4, 0.5) is 5.69 Å². The average molecular weight is 349 g/mol. The van der Waals surface area contributed by atoms with Gasteiger partial charge in [-0.25, -0.2) is 0 Å². The fraction of sp³-hybridized carbons (Fsp3) is 0.188. The van der Waals surface area contributed by atoms with Crippen LogP contribution in [0.2, 0.25) is 0 Å². The number of halogens is 1. The minimum atomic E-state index is -0.645. The predicted octanol–water partition coefficient (Wildman–Crippen LogP) is 2.97. The van der Waals surface area contributed by atoms with Gasteiger partial charge in [0.15, 0.2) is 0 Å². The van der Waals surface area contributed by atoms with E-state index < -0.39 is 6.04 Å². The predicted molar refractivity (Wildman–Crippen MR) is 87.3 cm³/mol. The number of phenolic OH excluding ortho intramolecular Hbond substituents is 1. The molecule has 2 aromatic rings. The molecule has 0 spiro atoms. The number of carbonyl (C=O) groups is 1. The quantitative estimate of drug-likeness (QED) is 0.794. The van der Waals surface area contributed by atoms with E-state index in [1.165, 1.54) is 0 Å². The van der Waals surface area contributed by atoms with Gasteiger partial charge >= 0.3 is 0 Å². The van der Waals surface area contributed by atoms with Crippen LogP contribution in [0.3, 0.4) is 0 Å². The van der Waals surface area contributed by atoms with Crippen molar-refractivity contribution in [1.82, 2.24) is 0 Å². The molecule has 0 aliphatic rings. The van der Waals surface area contributed by atoms with E-state index in [1.807, 2.05) is 25.1 Å². The zero-order valence-corrected chi connectivity index (χ0v) is 13.2. The SMILES string of the molecule is Cc1c(Br)cccc1NC(=O)C(N)Cc1ccc(O)cc1. The van der Waals surface area contributed by atoms with Gasteiger partial charge in [-0.2, -0.15) is 0 Å². The lowest BCUT2D eigenvalue weighted by atomic mass is 10.1. The van der Waals surface area contributed by atoms with Crippen molar-refractivity contribution in [1.29, 1.82) is 0 Å². The van der Waals surface area contributed by atoms with Gasteiger partial charge in [0.1, 0.15) is 5.75 Å². The third-order valence-electron chi connectivity index (χ3n) is 3.25. The van der Waals surface area contributed by atoms with E-state index in [4.69, 9.17) is 5.73 Å². The van der Waals surface area contributed by atoms with Crippen LogP contribution >= 0.6 is 15.9 Å². The largest absolute Gasteiger partial charge is 0.508 e. The molecule has 4 nitrogen and oxygen atoms in total. The first kappa shape index (κ1) is 15.5. The van der Waals surface area contributed by atoms with Gasteiger partial charge in [-0.15, -0.1) is 0 Å². The minimum Gasteiger partial charge on any atom is -0.508 e. The molecule has 1 atom stereocenters. The van der Waals surface area contributed by atoms with E-state index in [0.29, 0.717) is 6.42 Å². The van der Waals surface area contributed by atoms with Crippen LogP contribution in [0.15, 0.2) is 46.9 Å². The van der Waals surface area contributed by atoms with Crippen molar-refractivity contribution in [3.63, 3.8) is 0 Å². The molecule has 1 amide bonds. The maximum atomic E-state index is 12.1. The van der Waals surface area contributed by atoms with Crippen molar-refractivity contribution >= 4 is 27.5 Å². The lowest BCUT2D eigenvalue weighted by molar-refractivity contribution is -0.117. The number of nitrogens with two attached hydrogens (primary N) is 1. The second kappa shape index (κ2) is 6.74. The van der Waals surface area contributed by atoms with Crippen molar-refractivity contribution in [2.24, 2.45) is 5.73 Å². The first-order valence-corrected chi connectivity index (χ1v) is 7.36. The number of carbonyl (C=O) groups excluding carboxylic acids is 1. The smallest absolute Gasteiger partial charge is 0.241 e. The standard InChI is InChI=1S/C16H17BrN2O2/c1-10-13(17)3-2-4-15(10)19-16(21)14(18)9-11-5-7-12(20)8-6-11/h2-8,14,20H,9,18H2,1H3,(H,19,21). The lowest BCUT2D eigenvalue weighted by Gasteiger charge is -2.14. The Hall–Kier alpha value is -1.85. The molecule has 0 bridgehead atoms. The molecular formula is C16H17BrN2O2. The minimum absolute atomic E-state index is 0.196. The molecule has 2 aromatic carbocycles. The van der Waals surface area contributed by atoms with Crippen molar-refractivity contribution < 1.29 is 9.90 Å². The summed E-state index contributed by atoms with van der Waals surface area (Å²) in [5, 5.41) is 12.1. The summed E-state index contributed by atoms with van der Waals surface area (Å²) in [4.78, 5) is 12.1. The molecule has 21 heavy (non-hydrogen) atoms. The molecule has 110 valence electrons. The van der Waals surface area contributed by atoms with Gasteiger partial charge in [-0.1, -0.05) is 34.1 Å². The highest BCUT2D eigenvalue weighted by Gasteiger charge is 2.15. The summed E-state index contributed by atoms with van der Waals surface area (Å²) < 4.78 is 0.937. The highest BCUT2D eigenvalue weighted by Crippen LogP contribution is 2.23. The number of hydrogen-bond donors (Lipinski definition) is 3. The van der Waals surface area contributed by atoms with Crippen molar-refractivity contribution in [2.75, 3.05) is 5.32 Å². The van der Waals surface area contributed by atoms with Crippen molar-refractivity contribution in [2.45, 2.75) is 19.4 Å². The molecule has 0 fully saturated rings. The molecule has 0 saturated carbocycles. The number of amides is 1. The molecule has 2 rings (SSSR count). The summed E-state index contributed by atoms with van der Waals surface area (Å²) in [6, 6.07) is 11.6. The first-order valence-electron chi connectivity index (χ1n) is 6.57. The summed E-state index contributed by atoms with van der Waals surface area (Å²) in [5.41, 5.74) is 8.55. The summed E-state index contributed by atoms with van der Waals surface area (Å²) >= 11 is 3.43. The molecule has 0 aromatic heterocycles. The number of aromatic hydroxyl groups is 1. The average Bonchev–Trinajstić information content (AvgIpc) is 2.46. The van der Waals surface area contributed by atoms with Crippen LogP contribution in [0.25, 0.3) is 0 Å². The number of hydrogen-bond acceptors (Lipinski definition) is 3. The zero-order chi connectivity index (χ0) is 15.4. The van der Waals surface area contributed by atoms with E-state index in [2.05, 4.69) is 21.2 Å². The highest BCUT2D eigenvalue weighted by atomic mass is 79.9. The Morgan fingerprint density at radius 3 is 2.62 bits per heavy atom. The molecular weight excluding hydrogens is 332 g/mol. The Morgan fingerprint density at radius 1 is 1.29 bits per heavy atom. The van der Waals surface area contributed by atoms with E-state index in [1.54, 1.807) is 24.3 Å². The Balaban J connectivity index is 2.02. The van der Waals surface area contributed by atoms with Gasteiger partial charge in [-0.05, 0) is 48.7 Å². The molecule has 0 saturated heterocycles. The summed E-state index contributed by atoms with van der Waals surface area (Å²) in [7, 11) is 0. The molecule has 0 aliphatic heterocycles. The lowest BCUT2D eigenvalue weighted by Crippen LogP contribution is -2.37. The van der Waals surface area contributed by atoms with E-state index >= 15 is 0 Å². The van der Waals surface area contributed by atoms with Crippen LogP contribution < -0.4 is 11.1 Å². The van der Waals surface area contributed by atoms with Crippen LogP contribution in [0.5, 0.6) is 5.75 Å². The number of nitrogens with one attached hydrogen (secondary N) is 1. The van der Waals surface area contributed by atoms with E-state index in [-0.39, 0.29) is 11.7 Å². The third kappa shape index (κ3) is 4.06. The molecule has 0 heterocycles. The number of anilines is 1.